The van der Waals surface area contributed by atoms with Crippen LogP contribution in [0.1, 0.15) is 10.4 Å². The molecule has 2 aromatic rings. The first-order chi connectivity index (χ1) is 8.09. The highest BCUT2D eigenvalue weighted by molar-refractivity contribution is 6.34. The summed E-state index contributed by atoms with van der Waals surface area (Å²) in [5.41, 5.74) is 6.27. The van der Waals surface area contributed by atoms with Crippen molar-refractivity contribution in [3.8, 4) is 0 Å². The van der Waals surface area contributed by atoms with E-state index in [1.54, 1.807) is 25.2 Å². The fraction of sp³-hybridized carbons (Fsp3) is 0.100. The van der Waals surface area contributed by atoms with Crippen LogP contribution in [0.25, 0.3) is 0 Å². The molecule has 0 bridgehead atoms. The second kappa shape index (κ2) is 4.42. The van der Waals surface area contributed by atoms with Crippen LogP contribution in [-0.4, -0.2) is 20.7 Å². The summed E-state index contributed by atoms with van der Waals surface area (Å²) in [6.07, 6.45) is 1.34. The number of hydrogen-bond donors (Lipinski definition) is 2. The van der Waals surface area contributed by atoms with Gasteiger partial charge in [-0.15, -0.1) is 0 Å². The summed E-state index contributed by atoms with van der Waals surface area (Å²) in [4.78, 5) is 15.8. The van der Waals surface area contributed by atoms with E-state index >= 15 is 0 Å². The van der Waals surface area contributed by atoms with Crippen LogP contribution in [0, 0.1) is 0 Å². The summed E-state index contributed by atoms with van der Waals surface area (Å²) in [6, 6.07) is 4.87. The molecule has 0 spiro atoms. The number of aryl methyl sites for hydroxylation is 1. The Kier molecular flexibility index (Phi) is 2.97. The quantitative estimate of drug-likeness (QED) is 0.788. The van der Waals surface area contributed by atoms with Crippen LogP contribution in [0.5, 0.6) is 0 Å². The normalized spacial score (nSPS) is 10.2. The number of halogens is 1. The first-order valence-corrected chi connectivity index (χ1v) is 5.16. The second-order valence-corrected chi connectivity index (χ2v) is 3.77. The molecule has 17 heavy (non-hydrogen) atoms. The minimum atomic E-state index is -0.374. The predicted octanol–water partition coefficient (Wildman–Crippen LogP) is 1.30. The van der Waals surface area contributed by atoms with Crippen molar-refractivity contribution in [2.75, 3.05) is 11.1 Å². The fourth-order valence-electron chi connectivity index (χ4n) is 1.31. The van der Waals surface area contributed by atoms with Crippen molar-refractivity contribution in [3.63, 3.8) is 0 Å². The number of nitrogens with one attached hydrogen (secondary N) is 1. The van der Waals surface area contributed by atoms with E-state index in [0.717, 1.165) is 0 Å². The minimum absolute atomic E-state index is 0.244. The zero-order chi connectivity index (χ0) is 12.4. The zero-order valence-electron chi connectivity index (χ0n) is 9.01. The molecule has 0 atom stereocenters. The van der Waals surface area contributed by atoms with Gasteiger partial charge in [0.15, 0.2) is 0 Å². The van der Waals surface area contributed by atoms with Crippen LogP contribution >= 0.6 is 11.6 Å². The third kappa shape index (κ3) is 2.21. The molecule has 1 heterocycles. The topological polar surface area (TPSA) is 85.8 Å². The molecule has 88 valence electrons. The van der Waals surface area contributed by atoms with E-state index in [9.17, 15) is 4.79 Å². The van der Waals surface area contributed by atoms with Crippen molar-refractivity contribution in [3.05, 3.63) is 35.1 Å². The maximum atomic E-state index is 11.9. The first kappa shape index (κ1) is 11.4. The van der Waals surface area contributed by atoms with Gasteiger partial charge in [-0.3, -0.25) is 10.1 Å². The lowest BCUT2D eigenvalue weighted by Gasteiger charge is -2.07. The summed E-state index contributed by atoms with van der Waals surface area (Å²) >= 11 is 5.83. The minimum Gasteiger partial charge on any atom is -0.397 e. The number of carbonyl (C=O) groups excluding carboxylic acids is 1. The lowest BCUT2D eigenvalue weighted by molar-refractivity contribution is 0.102. The average molecular weight is 252 g/mol. The molecule has 0 aliphatic carbocycles. The highest BCUT2D eigenvalue weighted by atomic mass is 35.5. The molecule has 0 saturated heterocycles. The molecule has 6 nitrogen and oxygen atoms in total. The number of nitrogens with two attached hydrogens (primary N) is 1. The van der Waals surface area contributed by atoms with Gasteiger partial charge < -0.3 is 5.73 Å². The smallest absolute Gasteiger partial charge is 0.260 e. The van der Waals surface area contributed by atoms with Crippen LogP contribution in [0.15, 0.2) is 24.5 Å². The molecule has 0 aliphatic heterocycles. The van der Waals surface area contributed by atoms with Gasteiger partial charge in [-0.2, -0.15) is 10.1 Å². The summed E-state index contributed by atoms with van der Waals surface area (Å²) < 4.78 is 1.44. The summed E-state index contributed by atoms with van der Waals surface area (Å²) in [7, 11) is 1.67. The molecular formula is C10H10ClN5O. The number of aromatic nitrogens is 3. The maximum absolute atomic E-state index is 11.9. The summed E-state index contributed by atoms with van der Waals surface area (Å²) in [5, 5.41) is 6.77. The molecule has 0 unspecified atom stereocenters. The molecule has 1 aromatic heterocycles. The van der Waals surface area contributed by atoms with E-state index in [1.807, 2.05) is 0 Å². The Labute approximate surface area is 102 Å². The molecule has 0 fully saturated rings. The first-order valence-electron chi connectivity index (χ1n) is 4.79. The Bertz CT molecular complexity index is 566. The largest absolute Gasteiger partial charge is 0.397 e. The van der Waals surface area contributed by atoms with Crippen LogP contribution in [-0.2, 0) is 7.05 Å². The monoisotopic (exact) mass is 251 g/mol. The standard InChI is InChI=1S/C10H10ClN5O/c1-16-10(13-5-14-16)15-9(17)6-3-2-4-7(11)8(6)12/h2-5H,12H2,1H3,(H,13,14,15,17). The van der Waals surface area contributed by atoms with E-state index in [2.05, 4.69) is 15.4 Å². The molecule has 1 aromatic carbocycles. The van der Waals surface area contributed by atoms with Gasteiger partial charge in [-0.1, -0.05) is 17.7 Å². The third-order valence-electron chi connectivity index (χ3n) is 2.23. The van der Waals surface area contributed by atoms with Gasteiger partial charge in [0.1, 0.15) is 6.33 Å². The van der Waals surface area contributed by atoms with Crippen molar-refractivity contribution in [2.24, 2.45) is 7.05 Å². The Hall–Kier alpha value is -2.08. The molecule has 0 radical (unpaired) electrons. The van der Waals surface area contributed by atoms with Crippen molar-refractivity contribution in [2.45, 2.75) is 0 Å². The number of rotatable bonds is 2. The molecule has 2 rings (SSSR count). The molecule has 0 aliphatic rings. The van der Waals surface area contributed by atoms with Gasteiger partial charge in [0, 0.05) is 7.05 Å². The van der Waals surface area contributed by atoms with Gasteiger partial charge in [0.2, 0.25) is 5.95 Å². The van der Waals surface area contributed by atoms with Crippen molar-refractivity contribution >= 4 is 29.1 Å². The third-order valence-corrected chi connectivity index (χ3v) is 2.56. The van der Waals surface area contributed by atoms with Gasteiger partial charge in [-0.05, 0) is 12.1 Å². The van der Waals surface area contributed by atoms with Crippen LogP contribution < -0.4 is 11.1 Å². The number of nitrogens with zero attached hydrogens (tertiary/aromatic N) is 3. The molecule has 0 saturated carbocycles. The molecule has 3 N–H and O–H groups in total. The lowest BCUT2D eigenvalue weighted by atomic mass is 10.1. The number of carbonyl (C=O) groups is 1. The molecular weight excluding hydrogens is 242 g/mol. The van der Waals surface area contributed by atoms with Gasteiger partial charge in [-0.25, -0.2) is 4.68 Å². The fourth-order valence-corrected chi connectivity index (χ4v) is 1.49. The Morgan fingerprint density at radius 3 is 2.94 bits per heavy atom. The lowest BCUT2D eigenvalue weighted by Crippen LogP contribution is -2.17. The van der Waals surface area contributed by atoms with Crippen LogP contribution in [0.2, 0.25) is 5.02 Å². The van der Waals surface area contributed by atoms with Crippen molar-refractivity contribution in [1.82, 2.24) is 14.8 Å². The average Bonchev–Trinajstić information content (AvgIpc) is 2.68. The van der Waals surface area contributed by atoms with Crippen LogP contribution in [0.4, 0.5) is 11.6 Å². The highest BCUT2D eigenvalue weighted by Gasteiger charge is 2.13. The van der Waals surface area contributed by atoms with Gasteiger partial charge >= 0.3 is 0 Å². The van der Waals surface area contributed by atoms with Crippen LogP contribution in [0.3, 0.4) is 0 Å². The predicted molar refractivity (Wildman–Crippen MR) is 64.8 cm³/mol. The second-order valence-electron chi connectivity index (χ2n) is 3.36. The number of para-hydroxylation sites is 1. The SMILES string of the molecule is Cn1ncnc1NC(=O)c1cccc(Cl)c1N. The van der Waals surface area contributed by atoms with E-state index < -0.39 is 0 Å². The molecule has 1 amide bonds. The number of amides is 1. The van der Waals surface area contributed by atoms with E-state index in [1.165, 1.54) is 11.0 Å². The molecule has 7 heteroatoms. The number of anilines is 2. The Morgan fingerprint density at radius 2 is 2.29 bits per heavy atom. The van der Waals surface area contributed by atoms with Crippen molar-refractivity contribution < 1.29 is 4.79 Å². The van der Waals surface area contributed by atoms with E-state index in [4.69, 9.17) is 17.3 Å². The van der Waals surface area contributed by atoms with Gasteiger partial charge in [0.05, 0.1) is 16.3 Å². The number of benzene rings is 1. The highest BCUT2D eigenvalue weighted by Crippen LogP contribution is 2.22. The summed E-state index contributed by atoms with van der Waals surface area (Å²) in [6.45, 7) is 0. The number of nitrogen functional groups attached to an aromatic ring is 1. The van der Waals surface area contributed by atoms with Crippen molar-refractivity contribution in [1.29, 1.82) is 0 Å². The van der Waals surface area contributed by atoms with E-state index in [0.29, 0.717) is 16.5 Å². The van der Waals surface area contributed by atoms with E-state index in [-0.39, 0.29) is 11.6 Å². The zero-order valence-corrected chi connectivity index (χ0v) is 9.77. The summed E-state index contributed by atoms with van der Waals surface area (Å²) in [5.74, 6) is -0.0320. The van der Waals surface area contributed by atoms with Gasteiger partial charge in [0.25, 0.3) is 5.91 Å². The number of hydrogen-bond acceptors (Lipinski definition) is 4. The Morgan fingerprint density at radius 1 is 1.53 bits per heavy atom. The Balaban J connectivity index is 2.27. The maximum Gasteiger partial charge on any atom is 0.260 e.